The third kappa shape index (κ3) is 1.56. The molecular weight excluding hydrogens is 190 g/mol. The lowest BCUT2D eigenvalue weighted by molar-refractivity contribution is 0.344. The predicted molar refractivity (Wildman–Crippen MR) is 57.1 cm³/mol. The van der Waals surface area contributed by atoms with Gasteiger partial charge < -0.3 is 9.88 Å². The molecule has 5 nitrogen and oxygen atoms in total. The Balaban J connectivity index is 1.83. The first-order valence-electron chi connectivity index (χ1n) is 5.59. The molecule has 2 aliphatic rings. The van der Waals surface area contributed by atoms with Crippen molar-refractivity contribution in [3.05, 3.63) is 18.2 Å². The first-order chi connectivity index (χ1) is 7.34. The van der Waals surface area contributed by atoms with Gasteiger partial charge in [-0.3, -0.25) is 10.9 Å². The van der Waals surface area contributed by atoms with Crippen molar-refractivity contribution in [2.45, 2.75) is 38.0 Å². The van der Waals surface area contributed by atoms with E-state index in [-0.39, 0.29) is 0 Å². The third-order valence-corrected chi connectivity index (χ3v) is 3.31. The maximum Gasteiger partial charge on any atom is 0.0949 e. The number of imidazole rings is 1. The highest BCUT2D eigenvalue weighted by Gasteiger charge is 2.32. The number of nitrogens with zero attached hydrogens (tertiary/aromatic N) is 2. The molecule has 3 atom stereocenters. The van der Waals surface area contributed by atoms with Gasteiger partial charge in [0.2, 0.25) is 0 Å². The summed E-state index contributed by atoms with van der Waals surface area (Å²) >= 11 is 0. The third-order valence-electron chi connectivity index (χ3n) is 3.31. The summed E-state index contributed by atoms with van der Waals surface area (Å²) in [5.41, 5.74) is 7.92. The fourth-order valence-electron chi connectivity index (χ4n) is 2.54. The van der Waals surface area contributed by atoms with Crippen LogP contribution in [0.1, 0.15) is 25.1 Å². The second-order valence-electron chi connectivity index (χ2n) is 4.48. The summed E-state index contributed by atoms with van der Waals surface area (Å²) in [6, 6.07) is 1.41. The molecule has 15 heavy (non-hydrogen) atoms. The van der Waals surface area contributed by atoms with E-state index in [2.05, 4.69) is 32.6 Å². The van der Waals surface area contributed by atoms with Gasteiger partial charge in [-0.05, 0) is 13.3 Å². The summed E-state index contributed by atoms with van der Waals surface area (Å²) in [6.45, 7) is 4.26. The zero-order chi connectivity index (χ0) is 10.3. The first-order valence-corrected chi connectivity index (χ1v) is 5.59. The van der Waals surface area contributed by atoms with Gasteiger partial charge in [-0.25, -0.2) is 4.98 Å². The molecule has 0 aliphatic carbocycles. The summed E-state index contributed by atoms with van der Waals surface area (Å²) in [5.74, 6) is 0. The van der Waals surface area contributed by atoms with Gasteiger partial charge in [0.1, 0.15) is 0 Å². The van der Waals surface area contributed by atoms with Crippen LogP contribution in [0.25, 0.3) is 0 Å². The van der Waals surface area contributed by atoms with Crippen LogP contribution in [0.3, 0.4) is 0 Å². The Morgan fingerprint density at radius 1 is 1.47 bits per heavy atom. The second kappa shape index (κ2) is 3.59. The Bertz CT molecular complexity index is 347. The molecule has 1 aromatic rings. The molecule has 1 saturated heterocycles. The molecule has 0 aromatic carbocycles. The molecule has 1 fully saturated rings. The van der Waals surface area contributed by atoms with Gasteiger partial charge >= 0.3 is 0 Å². The summed E-state index contributed by atoms with van der Waals surface area (Å²) in [7, 11) is 0. The average molecular weight is 207 g/mol. The molecule has 3 heterocycles. The molecule has 1 aromatic heterocycles. The Morgan fingerprint density at radius 3 is 3.20 bits per heavy atom. The predicted octanol–water partition coefficient (Wildman–Crippen LogP) is -0.218. The topological polar surface area (TPSA) is 53.9 Å². The maximum atomic E-state index is 4.22. The van der Waals surface area contributed by atoms with E-state index >= 15 is 0 Å². The van der Waals surface area contributed by atoms with Crippen molar-refractivity contribution in [1.82, 2.24) is 25.7 Å². The summed E-state index contributed by atoms with van der Waals surface area (Å²) in [6.07, 6.45) is 5.05. The summed E-state index contributed by atoms with van der Waals surface area (Å²) in [5, 5.41) is 3.56. The molecule has 3 rings (SSSR count). The first kappa shape index (κ1) is 9.33. The zero-order valence-electron chi connectivity index (χ0n) is 8.90. The van der Waals surface area contributed by atoms with Gasteiger partial charge in [0, 0.05) is 31.4 Å². The average Bonchev–Trinajstić information content (AvgIpc) is 2.84. The molecule has 3 unspecified atom stereocenters. The highest BCUT2D eigenvalue weighted by Crippen LogP contribution is 2.24. The summed E-state index contributed by atoms with van der Waals surface area (Å²) < 4.78 is 2.24. The van der Waals surface area contributed by atoms with Crippen molar-refractivity contribution in [2.24, 2.45) is 0 Å². The van der Waals surface area contributed by atoms with Crippen molar-refractivity contribution >= 4 is 0 Å². The number of nitrogens with one attached hydrogen (secondary N) is 3. The normalized spacial score (nSPS) is 35.4. The highest BCUT2D eigenvalue weighted by molar-refractivity contribution is 5.12. The van der Waals surface area contributed by atoms with E-state index in [0.29, 0.717) is 18.1 Å². The van der Waals surface area contributed by atoms with Crippen LogP contribution in [-0.2, 0) is 6.54 Å². The Labute approximate surface area is 89.2 Å². The van der Waals surface area contributed by atoms with Gasteiger partial charge in [0.05, 0.1) is 18.1 Å². The number of aromatic nitrogens is 2. The smallest absolute Gasteiger partial charge is 0.0949 e. The van der Waals surface area contributed by atoms with Crippen LogP contribution in [0, 0.1) is 0 Å². The van der Waals surface area contributed by atoms with Crippen molar-refractivity contribution in [1.29, 1.82) is 0 Å². The van der Waals surface area contributed by atoms with Gasteiger partial charge in [-0.15, -0.1) is 0 Å². The van der Waals surface area contributed by atoms with Crippen molar-refractivity contribution in [2.75, 3.05) is 6.54 Å². The van der Waals surface area contributed by atoms with E-state index in [9.17, 15) is 0 Å². The zero-order valence-corrected chi connectivity index (χ0v) is 8.90. The van der Waals surface area contributed by atoms with Crippen LogP contribution in [0.5, 0.6) is 0 Å². The van der Waals surface area contributed by atoms with Crippen LogP contribution in [0.4, 0.5) is 0 Å². The van der Waals surface area contributed by atoms with Crippen LogP contribution >= 0.6 is 0 Å². The van der Waals surface area contributed by atoms with Crippen LogP contribution in [0.2, 0.25) is 0 Å². The Hall–Kier alpha value is -0.910. The highest BCUT2D eigenvalue weighted by atomic mass is 15.4. The van der Waals surface area contributed by atoms with E-state index < -0.39 is 0 Å². The minimum atomic E-state index is 0.388. The standard InChI is InChI=1S/C10H17N5/c1-7-4-8(14-13-7)10-9-5-11-6-15(9)3-2-12-10/h5-8,10,12-14H,2-4H2,1H3. The molecule has 0 saturated carbocycles. The van der Waals surface area contributed by atoms with Gasteiger partial charge in [-0.1, -0.05) is 0 Å². The Morgan fingerprint density at radius 2 is 2.40 bits per heavy atom. The lowest BCUT2D eigenvalue weighted by Gasteiger charge is -2.29. The Kier molecular flexibility index (Phi) is 2.23. The molecule has 5 heteroatoms. The molecule has 0 bridgehead atoms. The van der Waals surface area contributed by atoms with E-state index in [0.717, 1.165) is 19.5 Å². The molecule has 0 radical (unpaired) electrons. The van der Waals surface area contributed by atoms with Gasteiger partial charge in [0.15, 0.2) is 0 Å². The lowest BCUT2D eigenvalue weighted by Crippen LogP contribution is -2.45. The van der Waals surface area contributed by atoms with Gasteiger partial charge in [0.25, 0.3) is 0 Å². The fraction of sp³-hybridized carbons (Fsp3) is 0.700. The quantitative estimate of drug-likeness (QED) is 0.596. The largest absolute Gasteiger partial charge is 0.332 e. The molecule has 3 N–H and O–H groups in total. The molecule has 0 amide bonds. The van der Waals surface area contributed by atoms with Crippen molar-refractivity contribution in [3.63, 3.8) is 0 Å². The van der Waals surface area contributed by atoms with E-state index in [1.807, 2.05) is 12.5 Å². The van der Waals surface area contributed by atoms with E-state index in [1.165, 1.54) is 5.69 Å². The second-order valence-corrected chi connectivity index (χ2v) is 4.48. The van der Waals surface area contributed by atoms with Gasteiger partial charge in [-0.2, -0.15) is 0 Å². The molecule has 82 valence electrons. The lowest BCUT2D eigenvalue weighted by atomic mass is 10.00. The van der Waals surface area contributed by atoms with Crippen LogP contribution in [0.15, 0.2) is 12.5 Å². The van der Waals surface area contributed by atoms with Crippen molar-refractivity contribution in [3.8, 4) is 0 Å². The van der Waals surface area contributed by atoms with E-state index in [4.69, 9.17) is 0 Å². The number of hydrogen-bond acceptors (Lipinski definition) is 4. The number of fused-ring (bicyclic) bond motifs is 1. The maximum absolute atomic E-state index is 4.22. The SMILES string of the molecule is CC1CC(C2NCCn3cncc32)NN1. The number of rotatable bonds is 1. The molecule has 0 spiro atoms. The molecule has 2 aliphatic heterocycles. The summed E-state index contributed by atoms with van der Waals surface area (Å²) in [4.78, 5) is 4.22. The number of hydrogen-bond donors (Lipinski definition) is 3. The monoisotopic (exact) mass is 207 g/mol. The van der Waals surface area contributed by atoms with E-state index in [1.54, 1.807) is 0 Å². The fourth-order valence-corrected chi connectivity index (χ4v) is 2.54. The minimum Gasteiger partial charge on any atom is -0.332 e. The number of hydrazine groups is 1. The van der Waals surface area contributed by atoms with Crippen LogP contribution < -0.4 is 16.2 Å². The minimum absolute atomic E-state index is 0.388. The van der Waals surface area contributed by atoms with Crippen LogP contribution in [-0.4, -0.2) is 28.2 Å². The molecular formula is C10H17N5. The van der Waals surface area contributed by atoms with Crippen molar-refractivity contribution < 1.29 is 0 Å².